The highest BCUT2D eigenvalue weighted by molar-refractivity contribution is 5.83. The number of anilines is 3. The van der Waals surface area contributed by atoms with Gasteiger partial charge in [-0.3, -0.25) is 0 Å². The number of hydrogen-bond donors (Lipinski definition) is 0. The number of rotatable bonds is 6. The Balaban J connectivity index is 0.000000407. The molecule has 0 amide bonds. The summed E-state index contributed by atoms with van der Waals surface area (Å²) in [7, 11) is 0. The molecule has 0 aliphatic rings. The number of nitrogens with zero attached hydrogens (tertiary/aromatic N) is 1. The average molecular weight is 594 g/mol. The average Bonchev–Trinajstić information content (AvgIpc) is 3.10. The summed E-state index contributed by atoms with van der Waals surface area (Å²) in [4.78, 5) is 2.35. The maximum atomic E-state index is 2.35. The molecule has 0 spiro atoms. The lowest BCUT2D eigenvalue weighted by Crippen LogP contribution is -2.10. The van der Waals surface area contributed by atoms with E-state index in [0.29, 0.717) is 0 Å². The van der Waals surface area contributed by atoms with E-state index in [1.165, 1.54) is 50.1 Å². The van der Waals surface area contributed by atoms with Crippen LogP contribution in [-0.2, 0) is 0 Å². The monoisotopic (exact) mass is 593 g/mol. The molecule has 224 valence electrons. The lowest BCUT2D eigenvalue weighted by atomic mass is 10.0. The van der Waals surface area contributed by atoms with Crippen LogP contribution in [0.4, 0.5) is 17.1 Å². The molecule has 1 heteroatoms. The first-order chi connectivity index (χ1) is 22.5. The van der Waals surface area contributed by atoms with E-state index >= 15 is 0 Å². The third kappa shape index (κ3) is 7.52. The molecular weight excluding hydrogens is 555 g/mol. The number of aryl methyl sites for hydroxylation is 3. The summed E-state index contributed by atoms with van der Waals surface area (Å²) in [6.45, 7) is 6.33. The van der Waals surface area contributed by atoms with Crippen LogP contribution in [0.5, 0.6) is 0 Å². The van der Waals surface area contributed by atoms with Gasteiger partial charge < -0.3 is 4.90 Å². The Hall–Kier alpha value is -5.66. The molecule has 0 aliphatic heterocycles. The van der Waals surface area contributed by atoms with Crippen molar-refractivity contribution in [3.63, 3.8) is 0 Å². The summed E-state index contributed by atoms with van der Waals surface area (Å²) in [5, 5.41) is 0. The summed E-state index contributed by atoms with van der Waals surface area (Å²) in [6.07, 6.45) is 0. The van der Waals surface area contributed by atoms with Gasteiger partial charge in [0.25, 0.3) is 0 Å². The van der Waals surface area contributed by atoms with Crippen molar-refractivity contribution in [2.45, 2.75) is 20.8 Å². The van der Waals surface area contributed by atoms with Crippen molar-refractivity contribution < 1.29 is 0 Å². The predicted octanol–water partition coefficient (Wildman–Crippen LogP) is 12.8. The zero-order chi connectivity index (χ0) is 31.7. The fourth-order valence-electron chi connectivity index (χ4n) is 5.71. The molecule has 0 unspecified atom stereocenters. The van der Waals surface area contributed by atoms with Gasteiger partial charge in [0, 0.05) is 17.1 Å². The maximum Gasteiger partial charge on any atom is 0.0467 e. The third-order valence-corrected chi connectivity index (χ3v) is 8.11. The van der Waals surface area contributed by atoms with Crippen LogP contribution in [0.2, 0.25) is 0 Å². The number of benzene rings is 7. The Kier molecular flexibility index (Phi) is 9.52. The molecule has 1 nitrogen and oxygen atoms in total. The lowest BCUT2D eigenvalue weighted by Gasteiger charge is -2.27. The molecule has 0 aromatic heterocycles. The molecule has 0 fully saturated rings. The summed E-state index contributed by atoms with van der Waals surface area (Å²) in [6, 6.07) is 64.7. The fraction of sp³-hybridized carbons (Fsp3) is 0.0667. The molecule has 7 aromatic carbocycles. The van der Waals surface area contributed by atoms with E-state index < -0.39 is 0 Å². The second kappa shape index (κ2) is 14.4. The summed E-state index contributed by atoms with van der Waals surface area (Å²) >= 11 is 0. The van der Waals surface area contributed by atoms with Crippen LogP contribution in [0, 0.1) is 20.8 Å². The van der Waals surface area contributed by atoms with Crippen molar-refractivity contribution in [3.8, 4) is 33.4 Å². The quantitative estimate of drug-likeness (QED) is 0.185. The van der Waals surface area contributed by atoms with Gasteiger partial charge in [-0.05, 0) is 90.6 Å². The molecule has 0 radical (unpaired) electrons. The van der Waals surface area contributed by atoms with Gasteiger partial charge in [0.2, 0.25) is 0 Å². The Bertz CT molecular complexity index is 1890. The highest BCUT2D eigenvalue weighted by Crippen LogP contribution is 2.38. The smallest absolute Gasteiger partial charge is 0.0467 e. The molecule has 0 saturated carbocycles. The van der Waals surface area contributed by atoms with Crippen molar-refractivity contribution in [2.75, 3.05) is 4.90 Å². The van der Waals surface area contributed by atoms with E-state index in [4.69, 9.17) is 0 Å². The molecule has 0 N–H and O–H groups in total. The molecule has 46 heavy (non-hydrogen) atoms. The van der Waals surface area contributed by atoms with Gasteiger partial charge in [-0.25, -0.2) is 0 Å². The van der Waals surface area contributed by atoms with E-state index in [0.717, 1.165) is 17.1 Å². The SMILES string of the molecule is Cc1ccc(-c2ccc(N(c3cccc(-c4ccccc4)c3)c3cccc(-c4ccccc4)c3)cc2)cc1.Cc1cccc(C)c1. The number of hydrogen-bond acceptors (Lipinski definition) is 1. The highest BCUT2D eigenvalue weighted by Gasteiger charge is 2.15. The van der Waals surface area contributed by atoms with Crippen molar-refractivity contribution in [1.82, 2.24) is 0 Å². The van der Waals surface area contributed by atoms with E-state index in [2.05, 4.69) is 208 Å². The Morgan fingerprint density at radius 2 is 0.652 bits per heavy atom. The van der Waals surface area contributed by atoms with Crippen molar-refractivity contribution in [3.05, 3.63) is 199 Å². The molecule has 0 saturated heterocycles. The van der Waals surface area contributed by atoms with Crippen LogP contribution in [0.1, 0.15) is 16.7 Å². The minimum Gasteiger partial charge on any atom is -0.310 e. The fourth-order valence-corrected chi connectivity index (χ4v) is 5.71. The summed E-state index contributed by atoms with van der Waals surface area (Å²) < 4.78 is 0. The van der Waals surface area contributed by atoms with Gasteiger partial charge in [-0.15, -0.1) is 0 Å². The first kappa shape index (κ1) is 30.4. The molecule has 0 heterocycles. The Labute approximate surface area is 274 Å². The minimum atomic E-state index is 1.12. The van der Waals surface area contributed by atoms with Crippen molar-refractivity contribution >= 4 is 17.1 Å². The Morgan fingerprint density at radius 1 is 0.261 bits per heavy atom. The van der Waals surface area contributed by atoms with Crippen LogP contribution in [0.3, 0.4) is 0 Å². The van der Waals surface area contributed by atoms with Crippen LogP contribution in [0.15, 0.2) is 182 Å². The van der Waals surface area contributed by atoms with Gasteiger partial charge in [0.1, 0.15) is 0 Å². The first-order valence-electron chi connectivity index (χ1n) is 15.8. The maximum absolute atomic E-state index is 2.35. The molecular formula is C45H39N. The largest absolute Gasteiger partial charge is 0.310 e. The van der Waals surface area contributed by atoms with Crippen LogP contribution < -0.4 is 4.90 Å². The van der Waals surface area contributed by atoms with Crippen LogP contribution in [0.25, 0.3) is 33.4 Å². The second-order valence-corrected chi connectivity index (χ2v) is 11.7. The van der Waals surface area contributed by atoms with Crippen LogP contribution in [-0.4, -0.2) is 0 Å². The van der Waals surface area contributed by atoms with Gasteiger partial charge >= 0.3 is 0 Å². The molecule has 7 rings (SSSR count). The van der Waals surface area contributed by atoms with Crippen LogP contribution >= 0.6 is 0 Å². The summed E-state index contributed by atoms with van der Waals surface area (Å²) in [5.74, 6) is 0. The van der Waals surface area contributed by atoms with E-state index in [1.807, 2.05) is 0 Å². The standard InChI is InChI=1S/C37H29N.C8H10/c1-28-18-20-31(21-19-28)32-22-24-35(25-23-32)38(36-16-8-14-33(26-36)29-10-4-2-5-11-29)37-17-9-15-34(27-37)30-12-6-3-7-13-30;1-7-4-3-5-8(2)6-7/h2-27H,1H3;3-6H,1-2H3. The first-order valence-corrected chi connectivity index (χ1v) is 15.8. The normalized spacial score (nSPS) is 10.5. The van der Waals surface area contributed by atoms with Crippen molar-refractivity contribution in [1.29, 1.82) is 0 Å². The topological polar surface area (TPSA) is 3.24 Å². The third-order valence-electron chi connectivity index (χ3n) is 8.11. The zero-order valence-corrected chi connectivity index (χ0v) is 26.8. The van der Waals surface area contributed by atoms with E-state index in [9.17, 15) is 0 Å². The molecule has 0 aliphatic carbocycles. The highest BCUT2D eigenvalue weighted by atomic mass is 15.1. The lowest BCUT2D eigenvalue weighted by molar-refractivity contribution is 1.28. The van der Waals surface area contributed by atoms with E-state index in [-0.39, 0.29) is 0 Å². The Morgan fingerprint density at radius 3 is 1.09 bits per heavy atom. The summed E-state index contributed by atoms with van der Waals surface area (Å²) in [5.41, 5.74) is 14.6. The predicted molar refractivity (Wildman–Crippen MR) is 198 cm³/mol. The van der Waals surface area contributed by atoms with Gasteiger partial charge in [0.05, 0.1) is 0 Å². The van der Waals surface area contributed by atoms with Gasteiger partial charge in [0.15, 0.2) is 0 Å². The van der Waals surface area contributed by atoms with Gasteiger partial charge in [-0.1, -0.05) is 162 Å². The second-order valence-electron chi connectivity index (χ2n) is 11.7. The molecule has 7 aromatic rings. The minimum absolute atomic E-state index is 1.12. The van der Waals surface area contributed by atoms with Crippen molar-refractivity contribution in [2.24, 2.45) is 0 Å². The van der Waals surface area contributed by atoms with Gasteiger partial charge in [-0.2, -0.15) is 0 Å². The molecule has 0 bridgehead atoms. The zero-order valence-electron chi connectivity index (χ0n) is 26.8. The molecule has 0 atom stereocenters. The van der Waals surface area contributed by atoms with E-state index in [1.54, 1.807) is 0 Å².